The van der Waals surface area contributed by atoms with Crippen molar-refractivity contribution in [3.8, 4) is 0 Å². The summed E-state index contributed by atoms with van der Waals surface area (Å²) >= 11 is 0. The Morgan fingerprint density at radius 2 is 2.00 bits per heavy atom. The maximum atomic E-state index is 13.4. The van der Waals surface area contributed by atoms with Crippen LogP contribution in [0.3, 0.4) is 0 Å². The predicted octanol–water partition coefficient (Wildman–Crippen LogP) is 3.85. The van der Waals surface area contributed by atoms with Crippen LogP contribution in [0, 0.1) is 0 Å². The number of rotatable bonds is 2. The number of fused-ring (bicyclic) bond motifs is 1. The summed E-state index contributed by atoms with van der Waals surface area (Å²) in [6.45, 7) is 0.713. The van der Waals surface area contributed by atoms with Crippen molar-refractivity contribution in [2.75, 3.05) is 11.9 Å². The normalized spacial score (nSPS) is 23.5. The van der Waals surface area contributed by atoms with Crippen molar-refractivity contribution in [2.24, 2.45) is 0 Å². The second kappa shape index (κ2) is 6.75. The van der Waals surface area contributed by atoms with Gasteiger partial charge in [-0.3, -0.25) is 9.59 Å². The van der Waals surface area contributed by atoms with Gasteiger partial charge in [0.15, 0.2) is 0 Å². The molecule has 2 aromatic rings. The van der Waals surface area contributed by atoms with Crippen molar-refractivity contribution in [1.82, 2.24) is 4.90 Å². The zero-order valence-corrected chi connectivity index (χ0v) is 14.1. The van der Waals surface area contributed by atoms with Crippen LogP contribution in [-0.2, 0) is 9.59 Å². The maximum Gasteiger partial charge on any atom is 0.231 e. The molecule has 2 amide bonds. The highest BCUT2D eigenvalue weighted by atomic mass is 16.3. The number of hydrogen-bond acceptors (Lipinski definition) is 3. The molecule has 1 fully saturated rings. The Morgan fingerprint density at radius 3 is 2.84 bits per heavy atom. The van der Waals surface area contributed by atoms with Crippen molar-refractivity contribution in [3.05, 3.63) is 54.0 Å². The van der Waals surface area contributed by atoms with Gasteiger partial charge in [0.1, 0.15) is 5.76 Å². The Hall–Kier alpha value is -2.56. The number of benzene rings is 1. The highest BCUT2D eigenvalue weighted by molar-refractivity contribution is 6.01. The molecule has 0 aliphatic carbocycles. The van der Waals surface area contributed by atoms with Gasteiger partial charge < -0.3 is 14.6 Å². The summed E-state index contributed by atoms with van der Waals surface area (Å²) in [5, 5.41) is 2.87. The standard InChI is InChI=1S/C20H22N2O3/c23-19-13-15(14-7-3-4-8-16(14)21-19)20(24)22-11-5-1-2-9-17(22)18-10-6-12-25-18/h3-4,6-8,10,12,15,17H,1-2,5,9,11,13H2,(H,21,23)/t15-,17-/m0/s1. The number of nitrogens with one attached hydrogen (secondary N) is 1. The largest absolute Gasteiger partial charge is 0.467 e. The smallest absolute Gasteiger partial charge is 0.231 e. The van der Waals surface area contributed by atoms with Crippen LogP contribution < -0.4 is 5.32 Å². The fraction of sp³-hybridized carbons (Fsp3) is 0.400. The van der Waals surface area contributed by atoms with E-state index in [0.29, 0.717) is 6.54 Å². The molecule has 130 valence electrons. The Bertz CT molecular complexity index is 769. The number of anilines is 1. The van der Waals surface area contributed by atoms with Crippen molar-refractivity contribution in [2.45, 2.75) is 44.1 Å². The first-order chi connectivity index (χ1) is 12.2. The van der Waals surface area contributed by atoms with Gasteiger partial charge in [-0.25, -0.2) is 0 Å². The van der Waals surface area contributed by atoms with E-state index >= 15 is 0 Å². The van der Waals surface area contributed by atoms with Crippen LogP contribution in [0.1, 0.15) is 55.4 Å². The zero-order valence-electron chi connectivity index (χ0n) is 14.1. The van der Waals surface area contributed by atoms with Crippen LogP contribution >= 0.6 is 0 Å². The van der Waals surface area contributed by atoms with Crippen LogP contribution in [0.4, 0.5) is 5.69 Å². The van der Waals surface area contributed by atoms with Crippen LogP contribution in [0.25, 0.3) is 0 Å². The highest BCUT2D eigenvalue weighted by Crippen LogP contribution is 2.37. The van der Waals surface area contributed by atoms with E-state index in [2.05, 4.69) is 5.32 Å². The first kappa shape index (κ1) is 15.9. The third-order valence-corrected chi connectivity index (χ3v) is 5.21. The van der Waals surface area contributed by atoms with Crippen LogP contribution in [0.15, 0.2) is 47.1 Å². The van der Waals surface area contributed by atoms with E-state index in [-0.39, 0.29) is 24.3 Å². The van der Waals surface area contributed by atoms with E-state index < -0.39 is 5.92 Å². The lowest BCUT2D eigenvalue weighted by Crippen LogP contribution is -2.40. The molecule has 1 aromatic heterocycles. The molecular formula is C20H22N2O3. The molecule has 5 nitrogen and oxygen atoms in total. The van der Waals surface area contributed by atoms with Gasteiger partial charge in [-0.15, -0.1) is 0 Å². The van der Waals surface area contributed by atoms with E-state index in [0.717, 1.165) is 42.7 Å². The van der Waals surface area contributed by atoms with Crippen molar-refractivity contribution < 1.29 is 14.0 Å². The zero-order chi connectivity index (χ0) is 17.2. The molecule has 2 atom stereocenters. The van der Waals surface area contributed by atoms with Gasteiger partial charge in [0.25, 0.3) is 0 Å². The molecule has 0 saturated carbocycles. The van der Waals surface area contributed by atoms with Gasteiger partial charge in [0.2, 0.25) is 11.8 Å². The van der Waals surface area contributed by atoms with Gasteiger partial charge >= 0.3 is 0 Å². The van der Waals surface area contributed by atoms with Gasteiger partial charge in [-0.05, 0) is 36.6 Å². The topological polar surface area (TPSA) is 62.6 Å². The number of amides is 2. The highest BCUT2D eigenvalue weighted by Gasteiger charge is 2.37. The van der Waals surface area contributed by atoms with Crippen molar-refractivity contribution >= 4 is 17.5 Å². The minimum Gasteiger partial charge on any atom is -0.467 e. The molecule has 0 spiro atoms. The summed E-state index contributed by atoms with van der Waals surface area (Å²) in [5.74, 6) is 0.358. The number of likely N-dealkylation sites (tertiary alicyclic amines) is 1. The number of carbonyl (C=O) groups excluding carboxylic acids is 2. The fourth-order valence-corrected chi connectivity index (χ4v) is 3.98. The molecule has 25 heavy (non-hydrogen) atoms. The number of hydrogen-bond donors (Lipinski definition) is 1. The van der Waals surface area contributed by atoms with Gasteiger partial charge in [-0.2, -0.15) is 0 Å². The average molecular weight is 338 g/mol. The number of carbonyl (C=O) groups is 2. The molecule has 2 aliphatic rings. The maximum absolute atomic E-state index is 13.4. The predicted molar refractivity (Wildman–Crippen MR) is 94.1 cm³/mol. The monoisotopic (exact) mass is 338 g/mol. The van der Waals surface area contributed by atoms with Crippen molar-refractivity contribution in [1.29, 1.82) is 0 Å². The van der Waals surface area contributed by atoms with Gasteiger partial charge in [-0.1, -0.05) is 31.0 Å². The Balaban J connectivity index is 1.67. The van der Waals surface area contributed by atoms with E-state index in [1.54, 1.807) is 6.26 Å². The van der Waals surface area contributed by atoms with Gasteiger partial charge in [0, 0.05) is 18.7 Å². The Morgan fingerprint density at radius 1 is 1.12 bits per heavy atom. The number of nitrogens with zero attached hydrogens (tertiary/aromatic N) is 1. The summed E-state index contributed by atoms with van der Waals surface area (Å²) in [5.41, 5.74) is 1.66. The molecule has 0 unspecified atom stereocenters. The summed E-state index contributed by atoms with van der Waals surface area (Å²) in [6.07, 6.45) is 5.95. The second-order valence-electron chi connectivity index (χ2n) is 6.80. The molecule has 1 N–H and O–H groups in total. The van der Waals surface area contributed by atoms with Crippen molar-refractivity contribution in [3.63, 3.8) is 0 Å². The Kier molecular flexibility index (Phi) is 4.30. The summed E-state index contributed by atoms with van der Waals surface area (Å²) in [7, 11) is 0. The third-order valence-electron chi connectivity index (χ3n) is 5.21. The van der Waals surface area contributed by atoms with Crippen LogP contribution in [0.5, 0.6) is 0 Å². The minimum absolute atomic E-state index is 0.0330. The van der Waals surface area contributed by atoms with E-state index in [1.165, 1.54) is 0 Å². The molecular weight excluding hydrogens is 316 g/mol. The van der Waals surface area contributed by atoms with E-state index in [4.69, 9.17) is 4.42 Å². The minimum atomic E-state index is -0.416. The van der Waals surface area contributed by atoms with Crippen LogP contribution in [0.2, 0.25) is 0 Å². The summed E-state index contributed by atoms with van der Waals surface area (Å²) in [6, 6.07) is 11.4. The average Bonchev–Trinajstić information content (AvgIpc) is 3.05. The summed E-state index contributed by atoms with van der Waals surface area (Å²) < 4.78 is 5.61. The molecule has 1 saturated heterocycles. The molecule has 3 heterocycles. The van der Waals surface area contributed by atoms with E-state index in [9.17, 15) is 9.59 Å². The SMILES string of the molecule is O=C1C[C@H](C(=O)N2CCCCC[C@H]2c2ccco2)c2ccccc2N1. The van der Waals surface area contributed by atoms with E-state index in [1.807, 2.05) is 41.3 Å². The lowest BCUT2D eigenvalue weighted by molar-refractivity contribution is -0.137. The quantitative estimate of drug-likeness (QED) is 0.905. The first-order valence-electron chi connectivity index (χ1n) is 8.96. The first-order valence-corrected chi connectivity index (χ1v) is 8.96. The number of para-hydroxylation sites is 1. The molecule has 4 rings (SSSR count). The lowest BCUT2D eigenvalue weighted by Gasteiger charge is -2.34. The second-order valence-corrected chi connectivity index (χ2v) is 6.80. The lowest BCUT2D eigenvalue weighted by atomic mass is 9.88. The molecule has 0 radical (unpaired) electrons. The van der Waals surface area contributed by atoms with Crippen LogP contribution in [-0.4, -0.2) is 23.3 Å². The third kappa shape index (κ3) is 3.06. The summed E-state index contributed by atoms with van der Waals surface area (Å²) in [4.78, 5) is 27.5. The molecule has 1 aromatic carbocycles. The molecule has 0 bridgehead atoms. The number of furan rings is 1. The van der Waals surface area contributed by atoms with Gasteiger partial charge in [0.05, 0.1) is 18.2 Å². The fourth-order valence-electron chi connectivity index (χ4n) is 3.98. The Labute approximate surface area is 147 Å². The molecule has 2 aliphatic heterocycles. The molecule has 5 heteroatoms.